The van der Waals surface area contributed by atoms with E-state index in [2.05, 4.69) is 5.32 Å². The number of nitrogens with one attached hydrogen (secondary N) is 1. The van der Waals surface area contributed by atoms with Crippen molar-refractivity contribution in [2.45, 2.75) is 46.7 Å². The van der Waals surface area contributed by atoms with Crippen molar-refractivity contribution in [2.24, 2.45) is 0 Å². The van der Waals surface area contributed by atoms with E-state index in [-0.39, 0.29) is 23.9 Å². The van der Waals surface area contributed by atoms with Gasteiger partial charge < -0.3 is 9.88 Å². The Morgan fingerprint density at radius 1 is 1.33 bits per heavy atom. The maximum Gasteiger partial charge on any atom is 0.240 e. The summed E-state index contributed by atoms with van der Waals surface area (Å²) in [6.07, 6.45) is 2.59. The summed E-state index contributed by atoms with van der Waals surface area (Å²) < 4.78 is 1.84. The van der Waals surface area contributed by atoms with Gasteiger partial charge in [-0.1, -0.05) is 13.0 Å². The van der Waals surface area contributed by atoms with Crippen LogP contribution in [0.1, 0.15) is 31.4 Å². The minimum atomic E-state index is -0.0338. The summed E-state index contributed by atoms with van der Waals surface area (Å²) in [6, 6.07) is 5.64. The van der Waals surface area contributed by atoms with Crippen LogP contribution in [0.5, 0.6) is 0 Å². The topological polar surface area (TPSA) is 51.1 Å². The highest BCUT2D eigenvalue weighted by Crippen LogP contribution is 2.17. The zero-order chi connectivity index (χ0) is 15.6. The fraction of sp³-hybridized carbons (Fsp3) is 0.412. The van der Waals surface area contributed by atoms with Gasteiger partial charge in [0.2, 0.25) is 5.91 Å². The first-order chi connectivity index (χ1) is 9.92. The molecule has 0 aliphatic heterocycles. The van der Waals surface area contributed by atoms with Crippen LogP contribution in [0.2, 0.25) is 0 Å². The van der Waals surface area contributed by atoms with Crippen LogP contribution in [-0.2, 0) is 11.3 Å². The lowest BCUT2D eigenvalue weighted by Gasteiger charge is -2.15. The number of amides is 1. The summed E-state index contributed by atoms with van der Waals surface area (Å²) >= 11 is 0. The molecule has 2 aromatic rings. The first-order valence-electron chi connectivity index (χ1n) is 7.32. The normalized spacial score (nSPS) is 12.4. The number of fused-ring (bicyclic) bond motifs is 1. The molecule has 1 heterocycles. The van der Waals surface area contributed by atoms with Gasteiger partial charge in [-0.3, -0.25) is 9.59 Å². The summed E-state index contributed by atoms with van der Waals surface area (Å²) in [5.41, 5.74) is 2.86. The lowest BCUT2D eigenvalue weighted by atomic mass is 10.1. The third-order valence-electron chi connectivity index (χ3n) is 3.75. The van der Waals surface area contributed by atoms with Crippen molar-refractivity contribution in [1.82, 2.24) is 9.88 Å². The predicted octanol–water partition coefficient (Wildman–Crippen LogP) is 2.53. The fourth-order valence-corrected chi connectivity index (χ4v) is 2.53. The van der Waals surface area contributed by atoms with Crippen LogP contribution in [0.15, 0.2) is 29.2 Å². The Balaban J connectivity index is 2.43. The van der Waals surface area contributed by atoms with Crippen molar-refractivity contribution in [1.29, 1.82) is 0 Å². The second-order valence-corrected chi connectivity index (χ2v) is 5.66. The molecule has 0 fully saturated rings. The molecule has 0 unspecified atom stereocenters. The lowest BCUT2D eigenvalue weighted by molar-refractivity contribution is -0.122. The van der Waals surface area contributed by atoms with Crippen molar-refractivity contribution < 1.29 is 4.79 Å². The molecule has 1 amide bonds. The molecular formula is C17H22N2O2. The molecular weight excluding hydrogens is 264 g/mol. The molecule has 1 N–H and O–H groups in total. The highest BCUT2D eigenvalue weighted by atomic mass is 16.2. The molecule has 1 aromatic heterocycles. The van der Waals surface area contributed by atoms with Crippen molar-refractivity contribution in [2.75, 3.05) is 0 Å². The van der Waals surface area contributed by atoms with Crippen LogP contribution in [0.3, 0.4) is 0 Å². The van der Waals surface area contributed by atoms with E-state index >= 15 is 0 Å². The lowest BCUT2D eigenvalue weighted by Crippen LogP contribution is -2.34. The Labute approximate surface area is 124 Å². The molecule has 1 aromatic carbocycles. The summed E-state index contributed by atoms with van der Waals surface area (Å²) in [6.45, 7) is 8.17. The summed E-state index contributed by atoms with van der Waals surface area (Å²) in [7, 11) is 0. The highest BCUT2D eigenvalue weighted by molar-refractivity contribution is 5.85. The summed E-state index contributed by atoms with van der Waals surface area (Å²) in [4.78, 5) is 24.1. The molecule has 4 nitrogen and oxygen atoms in total. The van der Waals surface area contributed by atoms with E-state index in [0.717, 1.165) is 23.1 Å². The number of nitrogens with zero attached hydrogens (tertiary/aromatic N) is 1. The molecule has 4 heteroatoms. The molecule has 0 aliphatic carbocycles. The first kappa shape index (κ1) is 15.3. The monoisotopic (exact) mass is 286 g/mol. The molecule has 0 saturated carbocycles. The number of hydrogen-bond acceptors (Lipinski definition) is 2. The number of aryl methyl sites for hydroxylation is 2. The van der Waals surface area contributed by atoms with E-state index in [1.54, 1.807) is 6.20 Å². The number of hydrogen-bond donors (Lipinski definition) is 1. The quantitative estimate of drug-likeness (QED) is 0.939. The maximum absolute atomic E-state index is 12.1. The Bertz CT molecular complexity index is 731. The van der Waals surface area contributed by atoms with Crippen LogP contribution >= 0.6 is 0 Å². The van der Waals surface area contributed by atoms with Crippen LogP contribution in [0.4, 0.5) is 0 Å². The zero-order valence-corrected chi connectivity index (χ0v) is 13.1. The average Bonchev–Trinajstić information content (AvgIpc) is 2.41. The van der Waals surface area contributed by atoms with Crippen molar-refractivity contribution in [3.63, 3.8) is 0 Å². The number of benzene rings is 1. The van der Waals surface area contributed by atoms with Crippen molar-refractivity contribution >= 4 is 16.8 Å². The Hall–Kier alpha value is -2.10. The Morgan fingerprint density at radius 2 is 2.05 bits per heavy atom. The van der Waals surface area contributed by atoms with Gasteiger partial charge in [-0.25, -0.2) is 0 Å². The van der Waals surface area contributed by atoms with Crippen molar-refractivity contribution in [3.8, 4) is 0 Å². The van der Waals surface area contributed by atoms with Crippen LogP contribution in [0.25, 0.3) is 10.9 Å². The molecule has 0 saturated heterocycles. The summed E-state index contributed by atoms with van der Waals surface area (Å²) in [5.74, 6) is -0.0338. The van der Waals surface area contributed by atoms with Gasteiger partial charge in [0.05, 0.1) is 5.52 Å². The average molecular weight is 286 g/mol. The molecule has 0 bridgehead atoms. The van der Waals surface area contributed by atoms with Gasteiger partial charge in [-0.05, 0) is 44.4 Å². The van der Waals surface area contributed by atoms with Gasteiger partial charge in [0, 0.05) is 23.7 Å². The Kier molecular flexibility index (Phi) is 4.46. The van der Waals surface area contributed by atoms with E-state index in [1.807, 2.05) is 44.4 Å². The molecule has 0 spiro atoms. The second-order valence-electron chi connectivity index (χ2n) is 5.66. The number of pyridine rings is 1. The predicted molar refractivity (Wildman–Crippen MR) is 85.6 cm³/mol. The summed E-state index contributed by atoms with van der Waals surface area (Å²) in [5, 5.41) is 3.64. The van der Waals surface area contributed by atoms with Crippen LogP contribution in [0, 0.1) is 13.8 Å². The van der Waals surface area contributed by atoms with Gasteiger partial charge in [0.15, 0.2) is 5.43 Å². The molecule has 0 radical (unpaired) electrons. The SMILES string of the molecule is CC[C@@H](C)NC(=O)Cn1ccc(=O)c2c(C)cc(C)cc21. The number of rotatable bonds is 4. The minimum absolute atomic E-state index is 0.00100. The number of aromatic nitrogens is 1. The molecule has 112 valence electrons. The zero-order valence-electron chi connectivity index (χ0n) is 13.1. The highest BCUT2D eigenvalue weighted by Gasteiger charge is 2.10. The fourth-order valence-electron chi connectivity index (χ4n) is 2.53. The van der Waals surface area contributed by atoms with E-state index < -0.39 is 0 Å². The van der Waals surface area contributed by atoms with Gasteiger partial charge in [-0.2, -0.15) is 0 Å². The van der Waals surface area contributed by atoms with E-state index in [1.165, 1.54) is 6.07 Å². The van der Waals surface area contributed by atoms with E-state index in [9.17, 15) is 9.59 Å². The largest absolute Gasteiger partial charge is 0.352 e. The van der Waals surface area contributed by atoms with Gasteiger partial charge in [-0.15, -0.1) is 0 Å². The van der Waals surface area contributed by atoms with Gasteiger partial charge in [0.1, 0.15) is 6.54 Å². The minimum Gasteiger partial charge on any atom is -0.352 e. The van der Waals surface area contributed by atoms with Crippen LogP contribution < -0.4 is 10.7 Å². The third kappa shape index (κ3) is 3.32. The third-order valence-corrected chi connectivity index (χ3v) is 3.75. The van der Waals surface area contributed by atoms with E-state index in [4.69, 9.17) is 0 Å². The standard InChI is InChI=1S/C17H22N2O2/c1-5-13(4)18-16(21)10-19-7-6-15(20)17-12(3)8-11(2)9-14(17)19/h6-9,13H,5,10H2,1-4H3,(H,18,21)/t13-/m1/s1. The molecule has 21 heavy (non-hydrogen) atoms. The molecule has 1 atom stereocenters. The first-order valence-corrected chi connectivity index (χ1v) is 7.32. The molecule has 0 aliphatic rings. The number of carbonyl (C=O) groups is 1. The van der Waals surface area contributed by atoms with Crippen LogP contribution in [-0.4, -0.2) is 16.5 Å². The number of carbonyl (C=O) groups excluding carboxylic acids is 1. The molecule has 2 rings (SSSR count). The van der Waals surface area contributed by atoms with Crippen molar-refractivity contribution in [3.05, 3.63) is 45.7 Å². The smallest absolute Gasteiger partial charge is 0.240 e. The van der Waals surface area contributed by atoms with Gasteiger partial charge in [0.25, 0.3) is 0 Å². The van der Waals surface area contributed by atoms with E-state index in [0.29, 0.717) is 5.39 Å². The van der Waals surface area contributed by atoms with Gasteiger partial charge >= 0.3 is 0 Å². The Morgan fingerprint density at radius 3 is 2.71 bits per heavy atom. The second kappa shape index (κ2) is 6.12. The maximum atomic E-state index is 12.1.